The highest BCUT2D eigenvalue weighted by atomic mass is 28.3. The number of aromatic nitrogens is 1. The highest BCUT2D eigenvalue weighted by molar-refractivity contribution is 7.05. The summed E-state index contributed by atoms with van der Waals surface area (Å²) in [5.41, 5.74) is 5.86. The lowest BCUT2D eigenvalue weighted by atomic mass is 10.2. The number of fused-ring (bicyclic) bond motifs is 3. The topological polar surface area (TPSA) is 4.93 Å². The van der Waals surface area contributed by atoms with Gasteiger partial charge in [-0.2, -0.15) is 0 Å². The van der Waals surface area contributed by atoms with Gasteiger partial charge in [0.15, 0.2) is 0 Å². The molecule has 1 aromatic heterocycles. The van der Waals surface area contributed by atoms with Gasteiger partial charge in [-0.1, -0.05) is 101 Å². The number of nitrogens with zero attached hydrogens (tertiary/aromatic N) is 1. The van der Waals surface area contributed by atoms with Gasteiger partial charge >= 0.3 is 0 Å². The molecule has 140 valence electrons. The van der Waals surface area contributed by atoms with E-state index in [0.29, 0.717) is 0 Å². The molecule has 0 aliphatic heterocycles. The summed E-state index contributed by atoms with van der Waals surface area (Å²) in [6, 6.07) is 37.2. The highest BCUT2D eigenvalue weighted by Gasteiger charge is 2.28. The standard InChI is InChI=1S/C27H23NSi/c1-3-29(2,22-11-5-4-6-12-22)23-19-17-21(18-20-23)28-26-15-9-7-13-24(26)25-14-8-10-16-27(25)28/h3-20H,1H2,2H3. The van der Waals surface area contributed by atoms with Gasteiger partial charge in [-0.25, -0.2) is 0 Å². The minimum Gasteiger partial charge on any atom is -0.309 e. The van der Waals surface area contributed by atoms with Crippen LogP contribution in [0.1, 0.15) is 0 Å². The number of benzene rings is 4. The molecule has 0 radical (unpaired) electrons. The summed E-state index contributed by atoms with van der Waals surface area (Å²) < 4.78 is 2.36. The van der Waals surface area contributed by atoms with E-state index >= 15 is 0 Å². The molecule has 0 saturated heterocycles. The van der Waals surface area contributed by atoms with Crippen molar-refractivity contribution in [1.82, 2.24) is 4.57 Å². The van der Waals surface area contributed by atoms with Crippen LogP contribution in [0.4, 0.5) is 0 Å². The average molecular weight is 390 g/mol. The van der Waals surface area contributed by atoms with E-state index in [1.54, 1.807) is 0 Å². The van der Waals surface area contributed by atoms with Gasteiger partial charge < -0.3 is 4.57 Å². The Morgan fingerprint density at radius 3 is 1.66 bits per heavy atom. The summed E-state index contributed by atoms with van der Waals surface area (Å²) in [5, 5.41) is 5.35. The van der Waals surface area contributed by atoms with Crippen LogP contribution in [0.25, 0.3) is 27.5 Å². The lowest BCUT2D eigenvalue weighted by molar-refractivity contribution is 1.18. The molecule has 1 heterocycles. The first-order valence-electron chi connectivity index (χ1n) is 10.0. The fourth-order valence-electron chi connectivity index (χ4n) is 4.34. The summed E-state index contributed by atoms with van der Waals surface area (Å²) in [6.45, 7) is 6.56. The molecule has 4 aromatic carbocycles. The molecule has 0 spiro atoms. The van der Waals surface area contributed by atoms with Crippen LogP contribution >= 0.6 is 0 Å². The zero-order valence-corrected chi connectivity index (χ0v) is 17.5. The van der Waals surface area contributed by atoms with Crippen molar-refractivity contribution in [2.75, 3.05) is 0 Å². The van der Waals surface area contributed by atoms with Crippen molar-refractivity contribution in [2.24, 2.45) is 0 Å². The van der Waals surface area contributed by atoms with E-state index in [1.807, 2.05) is 0 Å². The van der Waals surface area contributed by atoms with E-state index in [2.05, 4.69) is 127 Å². The second kappa shape index (κ2) is 6.91. The van der Waals surface area contributed by atoms with Gasteiger partial charge in [0.25, 0.3) is 0 Å². The van der Waals surface area contributed by atoms with Crippen LogP contribution in [-0.4, -0.2) is 12.6 Å². The molecule has 0 aliphatic carbocycles. The Labute approximate surface area is 172 Å². The number of para-hydroxylation sites is 2. The van der Waals surface area contributed by atoms with Crippen LogP contribution in [0.3, 0.4) is 0 Å². The van der Waals surface area contributed by atoms with Gasteiger partial charge in [-0.3, -0.25) is 0 Å². The van der Waals surface area contributed by atoms with E-state index in [9.17, 15) is 0 Å². The summed E-state index contributed by atoms with van der Waals surface area (Å²) in [7, 11) is -1.94. The normalized spacial score (nSPS) is 13.4. The molecular formula is C27H23NSi. The third-order valence-corrected chi connectivity index (χ3v) is 9.97. The van der Waals surface area contributed by atoms with Crippen molar-refractivity contribution >= 4 is 40.3 Å². The largest absolute Gasteiger partial charge is 0.309 e. The molecule has 0 N–H and O–H groups in total. The Morgan fingerprint density at radius 1 is 0.621 bits per heavy atom. The second-order valence-electron chi connectivity index (χ2n) is 7.69. The van der Waals surface area contributed by atoms with Crippen molar-refractivity contribution < 1.29 is 0 Å². The molecule has 0 saturated carbocycles. The first kappa shape index (κ1) is 17.7. The molecule has 0 bridgehead atoms. The molecule has 5 aromatic rings. The second-order valence-corrected chi connectivity index (χ2v) is 11.7. The fraction of sp³-hybridized carbons (Fsp3) is 0.0370. The van der Waals surface area contributed by atoms with Gasteiger partial charge in [0.2, 0.25) is 0 Å². The maximum Gasteiger partial charge on any atom is 0.137 e. The van der Waals surface area contributed by atoms with Crippen molar-refractivity contribution in [2.45, 2.75) is 6.55 Å². The van der Waals surface area contributed by atoms with Crippen LogP contribution in [0.15, 0.2) is 115 Å². The lowest BCUT2D eigenvalue weighted by Gasteiger charge is -2.25. The van der Waals surface area contributed by atoms with Crippen LogP contribution < -0.4 is 10.4 Å². The average Bonchev–Trinajstić information content (AvgIpc) is 3.14. The molecule has 5 rings (SSSR count). The number of hydrogen-bond donors (Lipinski definition) is 0. The number of hydrogen-bond acceptors (Lipinski definition) is 0. The maximum atomic E-state index is 4.20. The SMILES string of the molecule is C=C[Si](C)(c1ccccc1)c1ccc(-n2c3ccccc3c3ccccc32)cc1. The van der Waals surface area contributed by atoms with Gasteiger partial charge in [0, 0.05) is 16.5 Å². The van der Waals surface area contributed by atoms with Crippen molar-refractivity contribution in [3.8, 4) is 5.69 Å². The Hall–Kier alpha value is -3.36. The fourth-order valence-corrected chi connectivity index (χ4v) is 6.89. The quantitative estimate of drug-likeness (QED) is 0.347. The molecule has 1 atom stereocenters. The summed E-state index contributed by atoms with van der Waals surface area (Å²) in [6.07, 6.45) is 0. The van der Waals surface area contributed by atoms with Crippen molar-refractivity contribution in [1.29, 1.82) is 0 Å². The molecule has 0 fully saturated rings. The molecule has 0 aliphatic rings. The van der Waals surface area contributed by atoms with Crippen LogP contribution in [0.5, 0.6) is 0 Å². The summed E-state index contributed by atoms with van der Waals surface area (Å²) in [5.74, 6) is 0. The zero-order chi connectivity index (χ0) is 19.8. The molecular weight excluding hydrogens is 366 g/mol. The molecule has 0 amide bonds. The number of rotatable bonds is 4. The Morgan fingerprint density at radius 2 is 1.10 bits per heavy atom. The van der Waals surface area contributed by atoms with E-state index in [4.69, 9.17) is 0 Å². The van der Waals surface area contributed by atoms with Crippen LogP contribution in [-0.2, 0) is 0 Å². The third-order valence-electron chi connectivity index (χ3n) is 6.09. The monoisotopic (exact) mass is 389 g/mol. The van der Waals surface area contributed by atoms with Gasteiger partial charge in [-0.15, -0.1) is 6.58 Å². The van der Waals surface area contributed by atoms with Crippen molar-refractivity contribution in [3.63, 3.8) is 0 Å². The Kier molecular flexibility index (Phi) is 4.22. The molecule has 1 nitrogen and oxygen atoms in total. The summed E-state index contributed by atoms with van der Waals surface area (Å²) in [4.78, 5) is 0. The van der Waals surface area contributed by atoms with Crippen LogP contribution in [0, 0.1) is 0 Å². The predicted molar refractivity (Wildman–Crippen MR) is 128 cm³/mol. The molecule has 2 heteroatoms. The maximum absolute atomic E-state index is 4.20. The zero-order valence-electron chi connectivity index (χ0n) is 16.5. The molecule has 1 unspecified atom stereocenters. The first-order chi connectivity index (χ1) is 14.2. The van der Waals surface area contributed by atoms with E-state index in [0.717, 1.165) is 0 Å². The highest BCUT2D eigenvalue weighted by Crippen LogP contribution is 2.31. The minimum atomic E-state index is -1.94. The minimum absolute atomic E-state index is 1.19. The third kappa shape index (κ3) is 2.76. The van der Waals surface area contributed by atoms with Gasteiger partial charge in [-0.05, 0) is 24.3 Å². The van der Waals surface area contributed by atoms with Crippen LogP contribution in [0.2, 0.25) is 6.55 Å². The van der Waals surface area contributed by atoms with Gasteiger partial charge in [0.05, 0.1) is 11.0 Å². The molecule has 29 heavy (non-hydrogen) atoms. The van der Waals surface area contributed by atoms with Crippen molar-refractivity contribution in [3.05, 3.63) is 115 Å². The lowest BCUT2D eigenvalue weighted by Crippen LogP contribution is -2.54. The first-order valence-corrected chi connectivity index (χ1v) is 12.6. The smallest absolute Gasteiger partial charge is 0.137 e. The summed E-state index contributed by atoms with van der Waals surface area (Å²) >= 11 is 0. The van der Waals surface area contributed by atoms with Gasteiger partial charge in [0.1, 0.15) is 8.07 Å². The van der Waals surface area contributed by atoms with E-state index in [-0.39, 0.29) is 0 Å². The predicted octanol–water partition coefficient (Wildman–Crippen LogP) is 5.70. The van der Waals surface area contributed by atoms with E-state index < -0.39 is 8.07 Å². The Balaban J connectivity index is 1.67. The van der Waals surface area contributed by atoms with E-state index in [1.165, 1.54) is 37.9 Å². The Bertz CT molecular complexity index is 1260.